The van der Waals surface area contributed by atoms with E-state index in [-0.39, 0.29) is 0 Å². The summed E-state index contributed by atoms with van der Waals surface area (Å²) in [6.07, 6.45) is 4.81. The molecule has 1 heterocycles. The van der Waals surface area contributed by atoms with Crippen LogP contribution in [0.1, 0.15) is 18.4 Å². The molecular formula is C9H12Cl2N2. The summed E-state index contributed by atoms with van der Waals surface area (Å²) >= 11 is 11.5. The van der Waals surface area contributed by atoms with E-state index >= 15 is 0 Å². The van der Waals surface area contributed by atoms with Gasteiger partial charge < -0.3 is 5.73 Å². The van der Waals surface area contributed by atoms with Crippen LogP contribution in [-0.2, 0) is 6.42 Å². The van der Waals surface area contributed by atoms with Gasteiger partial charge in [-0.2, -0.15) is 0 Å². The van der Waals surface area contributed by atoms with Crippen LogP contribution in [0.3, 0.4) is 0 Å². The molecule has 1 aromatic heterocycles. The lowest BCUT2D eigenvalue weighted by atomic mass is 10.1. The third-order valence-electron chi connectivity index (χ3n) is 1.77. The molecule has 0 aliphatic heterocycles. The molecule has 0 saturated carbocycles. The lowest BCUT2D eigenvalue weighted by molar-refractivity contribution is 0.743. The van der Waals surface area contributed by atoms with Gasteiger partial charge in [-0.1, -0.05) is 23.2 Å². The normalized spacial score (nSPS) is 10.4. The van der Waals surface area contributed by atoms with Gasteiger partial charge in [-0.15, -0.1) is 0 Å². The minimum Gasteiger partial charge on any atom is -0.330 e. The highest BCUT2D eigenvalue weighted by Gasteiger charge is 2.00. The Morgan fingerprint density at radius 1 is 1.31 bits per heavy atom. The van der Waals surface area contributed by atoms with Crippen LogP contribution in [0.2, 0.25) is 10.2 Å². The number of aromatic nitrogens is 1. The third-order valence-corrected chi connectivity index (χ3v) is 2.46. The Labute approximate surface area is 88.1 Å². The molecule has 0 spiro atoms. The lowest BCUT2D eigenvalue weighted by Gasteiger charge is -2.01. The van der Waals surface area contributed by atoms with Gasteiger partial charge in [-0.25, -0.2) is 4.98 Å². The summed E-state index contributed by atoms with van der Waals surface area (Å²) in [5.41, 5.74) is 6.50. The standard InChI is InChI=1S/C9H12Cl2N2/c10-8-5-7(3-1-2-4-12)6-13-9(8)11/h5-6H,1-4,12H2. The zero-order valence-electron chi connectivity index (χ0n) is 7.26. The molecule has 0 amide bonds. The molecule has 0 radical (unpaired) electrons. The number of hydrogen-bond acceptors (Lipinski definition) is 2. The monoisotopic (exact) mass is 218 g/mol. The van der Waals surface area contributed by atoms with Crippen molar-refractivity contribution in [3.8, 4) is 0 Å². The highest BCUT2D eigenvalue weighted by Crippen LogP contribution is 2.20. The maximum atomic E-state index is 5.81. The summed E-state index contributed by atoms with van der Waals surface area (Å²) in [4.78, 5) is 3.96. The van der Waals surface area contributed by atoms with Gasteiger partial charge in [0.2, 0.25) is 0 Å². The van der Waals surface area contributed by atoms with Crippen LogP contribution in [0.4, 0.5) is 0 Å². The number of pyridine rings is 1. The second kappa shape index (κ2) is 5.43. The highest BCUT2D eigenvalue weighted by molar-refractivity contribution is 6.41. The first-order chi connectivity index (χ1) is 6.24. The van der Waals surface area contributed by atoms with Gasteiger partial charge in [0.05, 0.1) is 5.02 Å². The smallest absolute Gasteiger partial charge is 0.147 e. The molecule has 0 fully saturated rings. The minimum absolute atomic E-state index is 0.365. The van der Waals surface area contributed by atoms with Crippen molar-refractivity contribution in [2.24, 2.45) is 5.73 Å². The molecule has 2 N–H and O–H groups in total. The first-order valence-corrected chi connectivity index (χ1v) is 4.99. The van der Waals surface area contributed by atoms with E-state index in [9.17, 15) is 0 Å². The molecule has 0 saturated heterocycles. The molecule has 1 aromatic rings. The fourth-order valence-electron chi connectivity index (χ4n) is 1.07. The number of nitrogens with zero attached hydrogens (tertiary/aromatic N) is 1. The lowest BCUT2D eigenvalue weighted by Crippen LogP contribution is -1.99. The van der Waals surface area contributed by atoms with Crippen molar-refractivity contribution in [3.05, 3.63) is 28.0 Å². The van der Waals surface area contributed by atoms with E-state index in [1.54, 1.807) is 6.20 Å². The molecule has 1 rings (SSSR count). The molecule has 0 aliphatic rings. The minimum atomic E-state index is 0.365. The van der Waals surface area contributed by atoms with Gasteiger partial charge in [-0.05, 0) is 37.4 Å². The summed E-state index contributed by atoms with van der Waals surface area (Å²) in [6.45, 7) is 0.731. The van der Waals surface area contributed by atoms with Crippen molar-refractivity contribution in [1.29, 1.82) is 0 Å². The molecule has 2 nitrogen and oxygen atoms in total. The van der Waals surface area contributed by atoms with Gasteiger partial charge in [-0.3, -0.25) is 0 Å². The van der Waals surface area contributed by atoms with Crippen molar-refractivity contribution >= 4 is 23.2 Å². The molecule has 13 heavy (non-hydrogen) atoms. The van der Waals surface area contributed by atoms with E-state index in [4.69, 9.17) is 28.9 Å². The van der Waals surface area contributed by atoms with E-state index in [1.807, 2.05) is 6.07 Å². The highest BCUT2D eigenvalue weighted by atomic mass is 35.5. The third kappa shape index (κ3) is 3.51. The maximum Gasteiger partial charge on any atom is 0.147 e. The Morgan fingerprint density at radius 2 is 2.08 bits per heavy atom. The van der Waals surface area contributed by atoms with Crippen molar-refractivity contribution in [2.45, 2.75) is 19.3 Å². The molecule has 0 aliphatic carbocycles. The summed E-state index contributed by atoms with van der Waals surface area (Å²) in [5, 5.41) is 0.885. The molecule has 72 valence electrons. The Bertz CT molecular complexity index is 276. The Balaban J connectivity index is 2.53. The van der Waals surface area contributed by atoms with E-state index in [0.717, 1.165) is 31.4 Å². The van der Waals surface area contributed by atoms with Crippen LogP contribution in [0.25, 0.3) is 0 Å². The second-order valence-electron chi connectivity index (χ2n) is 2.86. The van der Waals surface area contributed by atoms with Crippen LogP contribution >= 0.6 is 23.2 Å². The second-order valence-corrected chi connectivity index (χ2v) is 3.63. The Morgan fingerprint density at radius 3 is 2.69 bits per heavy atom. The SMILES string of the molecule is NCCCCc1cnc(Cl)c(Cl)c1. The van der Waals surface area contributed by atoms with Crippen molar-refractivity contribution in [2.75, 3.05) is 6.54 Å². The van der Waals surface area contributed by atoms with Gasteiger partial charge in [0.25, 0.3) is 0 Å². The van der Waals surface area contributed by atoms with Crippen LogP contribution < -0.4 is 5.73 Å². The Hall–Kier alpha value is -0.310. The zero-order chi connectivity index (χ0) is 9.68. The predicted octanol–water partition coefficient (Wildman–Crippen LogP) is 2.67. The number of rotatable bonds is 4. The average Bonchev–Trinajstić information content (AvgIpc) is 2.12. The van der Waals surface area contributed by atoms with Crippen LogP contribution in [0.15, 0.2) is 12.3 Å². The average molecular weight is 219 g/mol. The van der Waals surface area contributed by atoms with Crippen LogP contribution in [-0.4, -0.2) is 11.5 Å². The summed E-state index contributed by atoms with van der Waals surface area (Å²) in [5.74, 6) is 0. The van der Waals surface area contributed by atoms with Gasteiger partial charge in [0.15, 0.2) is 0 Å². The number of nitrogens with two attached hydrogens (primary N) is 1. The van der Waals surface area contributed by atoms with Gasteiger partial charge >= 0.3 is 0 Å². The maximum absolute atomic E-state index is 5.81. The van der Waals surface area contributed by atoms with Crippen LogP contribution in [0, 0.1) is 0 Å². The quantitative estimate of drug-likeness (QED) is 0.624. The van der Waals surface area contributed by atoms with E-state index in [2.05, 4.69) is 4.98 Å². The molecule has 0 atom stereocenters. The first kappa shape index (κ1) is 10.8. The van der Waals surface area contributed by atoms with E-state index in [1.165, 1.54) is 0 Å². The zero-order valence-corrected chi connectivity index (χ0v) is 8.78. The van der Waals surface area contributed by atoms with Crippen molar-refractivity contribution in [3.63, 3.8) is 0 Å². The number of unbranched alkanes of at least 4 members (excludes halogenated alkanes) is 1. The van der Waals surface area contributed by atoms with Crippen molar-refractivity contribution in [1.82, 2.24) is 4.98 Å². The largest absolute Gasteiger partial charge is 0.330 e. The number of hydrogen-bond donors (Lipinski definition) is 1. The predicted molar refractivity (Wildman–Crippen MR) is 56.2 cm³/mol. The Kier molecular flexibility index (Phi) is 4.50. The first-order valence-electron chi connectivity index (χ1n) is 4.24. The molecule has 4 heteroatoms. The summed E-state index contributed by atoms with van der Waals surface area (Å²) < 4.78 is 0. The molecule has 0 bridgehead atoms. The van der Waals surface area contributed by atoms with E-state index in [0.29, 0.717) is 10.2 Å². The van der Waals surface area contributed by atoms with Crippen molar-refractivity contribution < 1.29 is 0 Å². The number of aryl methyl sites for hydroxylation is 1. The van der Waals surface area contributed by atoms with E-state index < -0.39 is 0 Å². The molecule has 0 unspecified atom stereocenters. The van der Waals surface area contributed by atoms with Crippen LogP contribution in [0.5, 0.6) is 0 Å². The summed E-state index contributed by atoms with van der Waals surface area (Å²) in [7, 11) is 0. The molecular weight excluding hydrogens is 207 g/mol. The molecule has 0 aromatic carbocycles. The fraction of sp³-hybridized carbons (Fsp3) is 0.444. The number of halogens is 2. The van der Waals surface area contributed by atoms with Gasteiger partial charge in [0, 0.05) is 6.20 Å². The summed E-state index contributed by atoms with van der Waals surface area (Å²) in [6, 6.07) is 1.85. The fourth-order valence-corrected chi connectivity index (χ4v) is 1.36. The van der Waals surface area contributed by atoms with Gasteiger partial charge in [0.1, 0.15) is 5.15 Å². The topological polar surface area (TPSA) is 38.9 Å².